The summed E-state index contributed by atoms with van der Waals surface area (Å²) in [5, 5.41) is 3.60. The molecule has 0 radical (unpaired) electrons. The van der Waals surface area contributed by atoms with Crippen LogP contribution in [0.15, 0.2) is 12.1 Å². The lowest BCUT2D eigenvalue weighted by molar-refractivity contribution is 0.0915. The number of aryl methyl sites for hydroxylation is 1. The van der Waals surface area contributed by atoms with Crippen LogP contribution in [0.3, 0.4) is 0 Å². The van der Waals surface area contributed by atoms with E-state index in [1.165, 1.54) is 25.8 Å². The van der Waals surface area contributed by atoms with Crippen molar-refractivity contribution in [2.24, 2.45) is 0 Å². The van der Waals surface area contributed by atoms with Crippen LogP contribution in [-0.2, 0) is 6.42 Å². The zero-order valence-corrected chi connectivity index (χ0v) is 13.2. The molecule has 0 spiro atoms. The number of amides is 1. The Morgan fingerprint density at radius 2 is 2.24 bits per heavy atom. The molecular formula is C16H22ClN3O. The van der Waals surface area contributed by atoms with E-state index in [-0.39, 0.29) is 11.9 Å². The van der Waals surface area contributed by atoms with Crippen LogP contribution in [0, 0.1) is 0 Å². The maximum absolute atomic E-state index is 12.5. The molecule has 2 aliphatic rings. The molecule has 2 unspecified atom stereocenters. The van der Waals surface area contributed by atoms with Gasteiger partial charge in [0.1, 0.15) is 5.15 Å². The van der Waals surface area contributed by atoms with Gasteiger partial charge in [0.15, 0.2) is 0 Å². The standard InChI is InChI=1S/C16H22ClN3O/c1-2-12-9-11(10-15(17)18-12)16(21)19-13-6-8-20-7-4-3-5-14(13)20/h9-10,13-14H,2-8H2,1H3,(H,19,21). The summed E-state index contributed by atoms with van der Waals surface area (Å²) < 4.78 is 0. The predicted molar refractivity (Wildman–Crippen MR) is 83.7 cm³/mol. The zero-order valence-electron chi connectivity index (χ0n) is 12.4. The normalized spacial score (nSPS) is 25.6. The molecular weight excluding hydrogens is 286 g/mol. The van der Waals surface area contributed by atoms with Gasteiger partial charge in [-0.2, -0.15) is 0 Å². The zero-order chi connectivity index (χ0) is 14.8. The van der Waals surface area contributed by atoms with Crippen molar-refractivity contribution in [3.63, 3.8) is 0 Å². The van der Waals surface area contributed by atoms with Gasteiger partial charge in [0.05, 0.1) is 0 Å². The van der Waals surface area contributed by atoms with Crippen LogP contribution in [0.1, 0.15) is 48.7 Å². The summed E-state index contributed by atoms with van der Waals surface area (Å²) in [6.07, 6.45) is 5.59. The number of pyridine rings is 1. The van der Waals surface area contributed by atoms with Crippen LogP contribution in [0.5, 0.6) is 0 Å². The lowest BCUT2D eigenvalue weighted by Gasteiger charge is -2.32. The number of aromatic nitrogens is 1. The van der Waals surface area contributed by atoms with Gasteiger partial charge in [-0.15, -0.1) is 0 Å². The summed E-state index contributed by atoms with van der Waals surface area (Å²) >= 11 is 6.00. The summed E-state index contributed by atoms with van der Waals surface area (Å²) in [6.45, 7) is 4.29. The van der Waals surface area contributed by atoms with Crippen molar-refractivity contribution in [2.45, 2.75) is 51.1 Å². The van der Waals surface area contributed by atoms with Gasteiger partial charge in [0, 0.05) is 29.9 Å². The molecule has 3 rings (SSSR count). The minimum absolute atomic E-state index is 0.0218. The second kappa shape index (κ2) is 6.32. The van der Waals surface area contributed by atoms with Crippen LogP contribution in [0.2, 0.25) is 5.15 Å². The maximum Gasteiger partial charge on any atom is 0.251 e. The first-order chi connectivity index (χ1) is 10.2. The van der Waals surface area contributed by atoms with Gasteiger partial charge in [0.2, 0.25) is 0 Å². The van der Waals surface area contributed by atoms with E-state index < -0.39 is 0 Å². The third kappa shape index (κ3) is 3.22. The summed E-state index contributed by atoms with van der Waals surface area (Å²) in [5.74, 6) is -0.0218. The van der Waals surface area contributed by atoms with Crippen LogP contribution in [0.25, 0.3) is 0 Å². The number of rotatable bonds is 3. The fraction of sp³-hybridized carbons (Fsp3) is 0.625. The Kier molecular flexibility index (Phi) is 4.45. The maximum atomic E-state index is 12.5. The molecule has 2 aliphatic heterocycles. The van der Waals surface area contributed by atoms with Gasteiger partial charge in [-0.3, -0.25) is 9.69 Å². The van der Waals surface area contributed by atoms with E-state index in [1.807, 2.05) is 13.0 Å². The molecule has 0 aromatic carbocycles. The van der Waals surface area contributed by atoms with E-state index in [0.717, 1.165) is 25.1 Å². The van der Waals surface area contributed by atoms with Gasteiger partial charge < -0.3 is 5.32 Å². The Bertz CT molecular complexity index is 534. The monoisotopic (exact) mass is 307 g/mol. The average molecular weight is 308 g/mol. The number of fused-ring (bicyclic) bond motifs is 1. The Morgan fingerprint density at radius 3 is 3.05 bits per heavy atom. The summed E-state index contributed by atoms with van der Waals surface area (Å²) in [4.78, 5) is 19.2. The first-order valence-corrected chi connectivity index (χ1v) is 8.26. The molecule has 2 fully saturated rings. The van der Waals surface area contributed by atoms with E-state index in [0.29, 0.717) is 16.8 Å². The Balaban J connectivity index is 1.70. The van der Waals surface area contributed by atoms with Gasteiger partial charge >= 0.3 is 0 Å². The highest BCUT2D eigenvalue weighted by Crippen LogP contribution is 2.27. The number of nitrogens with one attached hydrogen (secondary N) is 1. The average Bonchev–Trinajstić information content (AvgIpc) is 2.90. The molecule has 0 saturated carbocycles. The molecule has 0 bridgehead atoms. The Morgan fingerprint density at radius 1 is 1.38 bits per heavy atom. The van der Waals surface area contributed by atoms with Gasteiger partial charge in [-0.05, 0) is 44.4 Å². The van der Waals surface area contributed by atoms with Crippen molar-refractivity contribution in [3.8, 4) is 0 Å². The van der Waals surface area contributed by atoms with Gasteiger partial charge in [0.25, 0.3) is 5.91 Å². The third-order valence-electron chi connectivity index (χ3n) is 4.64. The molecule has 2 atom stereocenters. The number of hydrogen-bond donors (Lipinski definition) is 1. The molecule has 21 heavy (non-hydrogen) atoms. The lowest BCUT2D eigenvalue weighted by atomic mass is 9.99. The van der Waals surface area contributed by atoms with E-state index in [9.17, 15) is 4.79 Å². The number of piperidine rings is 1. The van der Waals surface area contributed by atoms with Gasteiger partial charge in [-0.25, -0.2) is 4.98 Å². The minimum atomic E-state index is -0.0218. The fourth-order valence-electron chi connectivity index (χ4n) is 3.53. The van der Waals surface area contributed by atoms with Gasteiger partial charge in [-0.1, -0.05) is 24.9 Å². The van der Waals surface area contributed by atoms with Crippen molar-refractivity contribution in [3.05, 3.63) is 28.5 Å². The number of halogens is 1. The molecule has 3 heterocycles. The molecule has 1 aromatic heterocycles. The summed E-state index contributed by atoms with van der Waals surface area (Å²) in [7, 11) is 0. The second-order valence-corrected chi connectivity index (χ2v) is 6.38. The van der Waals surface area contributed by atoms with E-state index >= 15 is 0 Å². The summed E-state index contributed by atoms with van der Waals surface area (Å²) in [5.41, 5.74) is 1.49. The van der Waals surface area contributed by atoms with Crippen LogP contribution < -0.4 is 5.32 Å². The van der Waals surface area contributed by atoms with Crippen molar-refractivity contribution < 1.29 is 4.79 Å². The number of hydrogen-bond acceptors (Lipinski definition) is 3. The van der Waals surface area contributed by atoms with Crippen molar-refractivity contribution >= 4 is 17.5 Å². The third-order valence-corrected chi connectivity index (χ3v) is 4.84. The number of carbonyl (C=O) groups is 1. The van der Waals surface area contributed by atoms with Crippen LogP contribution >= 0.6 is 11.6 Å². The molecule has 4 nitrogen and oxygen atoms in total. The largest absolute Gasteiger partial charge is 0.348 e. The fourth-order valence-corrected chi connectivity index (χ4v) is 3.76. The molecule has 2 saturated heterocycles. The van der Waals surface area contributed by atoms with E-state index in [4.69, 9.17) is 11.6 Å². The van der Waals surface area contributed by atoms with Crippen LogP contribution in [0.4, 0.5) is 0 Å². The lowest BCUT2D eigenvalue weighted by Crippen LogP contribution is -2.46. The quantitative estimate of drug-likeness (QED) is 0.873. The topological polar surface area (TPSA) is 45.2 Å². The molecule has 1 aromatic rings. The van der Waals surface area contributed by atoms with Crippen molar-refractivity contribution in [1.29, 1.82) is 0 Å². The smallest absolute Gasteiger partial charge is 0.251 e. The molecule has 0 aliphatic carbocycles. The Labute approximate surface area is 130 Å². The molecule has 114 valence electrons. The van der Waals surface area contributed by atoms with Crippen LogP contribution in [-0.4, -0.2) is 41.0 Å². The molecule has 5 heteroatoms. The second-order valence-electron chi connectivity index (χ2n) is 5.99. The highest BCUT2D eigenvalue weighted by Gasteiger charge is 2.36. The highest BCUT2D eigenvalue weighted by atomic mass is 35.5. The van der Waals surface area contributed by atoms with E-state index in [1.54, 1.807) is 6.07 Å². The predicted octanol–water partition coefficient (Wildman–Crippen LogP) is 2.65. The number of nitrogens with zero attached hydrogens (tertiary/aromatic N) is 2. The molecule has 1 amide bonds. The van der Waals surface area contributed by atoms with E-state index in [2.05, 4.69) is 15.2 Å². The van der Waals surface area contributed by atoms with Crippen molar-refractivity contribution in [2.75, 3.05) is 13.1 Å². The summed E-state index contributed by atoms with van der Waals surface area (Å²) in [6, 6.07) is 4.29. The minimum Gasteiger partial charge on any atom is -0.348 e. The Hall–Kier alpha value is -1.13. The number of carbonyl (C=O) groups excluding carboxylic acids is 1. The highest BCUT2D eigenvalue weighted by molar-refractivity contribution is 6.29. The SMILES string of the molecule is CCc1cc(C(=O)NC2CCN3CCCCC23)cc(Cl)n1. The first-order valence-electron chi connectivity index (χ1n) is 7.88. The molecule has 1 N–H and O–H groups in total. The van der Waals surface area contributed by atoms with Crippen molar-refractivity contribution in [1.82, 2.24) is 15.2 Å². The first kappa shape index (κ1) is 14.8.